The van der Waals surface area contributed by atoms with E-state index in [0.717, 1.165) is 0 Å². The smallest absolute Gasteiger partial charge is 0.767 e. The van der Waals surface area contributed by atoms with Crippen LogP contribution < -0.4 is 34.7 Å². The normalized spacial score (nSPS) is 12.8. The zero-order valence-electron chi connectivity index (χ0n) is 12.9. The molecule has 0 spiro atoms. The summed E-state index contributed by atoms with van der Waals surface area (Å²) in [4.78, 5) is 0. The summed E-state index contributed by atoms with van der Waals surface area (Å²) in [6.07, 6.45) is 0. The van der Waals surface area contributed by atoms with E-state index in [9.17, 15) is 13.0 Å². The van der Waals surface area contributed by atoms with Gasteiger partial charge in [-0.1, -0.05) is 0 Å². The molecule has 0 aromatic carbocycles. The van der Waals surface area contributed by atoms with Crippen molar-refractivity contribution < 1.29 is 52.7 Å². The molecule has 10 nitrogen and oxygen atoms in total. The van der Waals surface area contributed by atoms with E-state index in [1.165, 1.54) is 21.5 Å². The van der Waals surface area contributed by atoms with Gasteiger partial charge in [-0.15, -0.1) is 0 Å². The third-order valence-electron chi connectivity index (χ3n) is 2.61. The van der Waals surface area contributed by atoms with E-state index in [0.29, 0.717) is 11.4 Å². The van der Waals surface area contributed by atoms with Crippen LogP contribution in [0.5, 0.6) is 0 Å². The maximum absolute atomic E-state index is 10.7. The molecule has 4 N–H and O–H groups in total. The van der Waals surface area contributed by atoms with E-state index in [2.05, 4.69) is 10.2 Å². The number of nitrogens with zero attached hydrogens (tertiary/aromatic N) is 4. The van der Waals surface area contributed by atoms with Crippen LogP contribution >= 0.6 is 0 Å². The number of hydrogen-bond acceptors (Lipinski definition) is 7. The second-order valence-electron chi connectivity index (χ2n) is 4.04. The van der Waals surface area contributed by atoms with Crippen LogP contribution in [-0.4, -0.2) is 42.7 Å². The maximum atomic E-state index is 10.7. The molecule has 2 aromatic rings. The molecule has 13 heteroatoms. The number of hydrogen-bond donors (Lipinski definition) is 3. The fourth-order valence-corrected chi connectivity index (χ4v) is 2.31. The molecule has 23 heavy (non-hydrogen) atoms. The van der Waals surface area contributed by atoms with Crippen molar-refractivity contribution in [3.05, 3.63) is 23.5 Å². The zero-order chi connectivity index (χ0) is 16.9. The van der Waals surface area contributed by atoms with Gasteiger partial charge in [0.2, 0.25) is 0 Å². The summed E-state index contributed by atoms with van der Waals surface area (Å²) >= 11 is -2.31. The summed E-state index contributed by atoms with van der Waals surface area (Å²) in [7, 11) is 1.66. The van der Waals surface area contributed by atoms with Crippen molar-refractivity contribution in [3.8, 4) is 0 Å². The molecule has 0 aliphatic heterocycles. The molecule has 2 aromatic heterocycles. The number of aliphatic hydroxyl groups is 2. The molecular formula is C10H16N5NaO5S2. The summed E-state index contributed by atoms with van der Waals surface area (Å²) in [6.45, 7) is -0.332. The van der Waals surface area contributed by atoms with Crippen LogP contribution in [0, 0.1) is 0 Å². The zero-order valence-corrected chi connectivity index (χ0v) is 16.5. The van der Waals surface area contributed by atoms with Crippen LogP contribution in [0.2, 0.25) is 0 Å². The first-order chi connectivity index (χ1) is 10.3. The SMILES string of the molecule is Cn1nc(S(=O)[O-])cc1CO.Cn1nc(S(N)=O)cc1CO.[Na+]. The van der Waals surface area contributed by atoms with E-state index in [-0.39, 0.29) is 52.8 Å². The van der Waals surface area contributed by atoms with Crippen LogP contribution in [0.3, 0.4) is 0 Å². The summed E-state index contributed by atoms with van der Waals surface area (Å²) in [5.41, 5.74) is 1.07. The quantitative estimate of drug-likeness (QED) is 0.357. The Kier molecular flexibility index (Phi) is 10.2. The van der Waals surface area contributed by atoms with Gasteiger partial charge in [0.05, 0.1) is 24.6 Å². The van der Waals surface area contributed by atoms with Gasteiger partial charge < -0.3 is 14.8 Å². The molecule has 2 atom stereocenters. The second kappa shape index (κ2) is 10.4. The minimum Gasteiger partial charge on any atom is -0.767 e. The van der Waals surface area contributed by atoms with Gasteiger partial charge in [0.15, 0.2) is 5.03 Å². The molecule has 0 aliphatic carbocycles. The largest absolute Gasteiger partial charge is 1.00 e. The monoisotopic (exact) mass is 373 g/mol. The van der Waals surface area contributed by atoms with Gasteiger partial charge in [-0.05, 0) is 23.2 Å². The molecule has 0 amide bonds. The number of nitrogens with two attached hydrogens (primary N) is 1. The van der Waals surface area contributed by atoms with Gasteiger partial charge in [-0.25, -0.2) is 9.35 Å². The Labute approximate surface area is 159 Å². The molecule has 0 bridgehead atoms. The number of rotatable bonds is 4. The van der Waals surface area contributed by atoms with Gasteiger partial charge in [0.25, 0.3) is 0 Å². The average Bonchev–Trinajstić information content (AvgIpc) is 3.02. The van der Waals surface area contributed by atoms with Crippen LogP contribution in [0.25, 0.3) is 0 Å². The molecule has 2 unspecified atom stereocenters. The predicted molar refractivity (Wildman–Crippen MR) is 76.0 cm³/mol. The Hall–Kier alpha value is -0.440. The summed E-state index contributed by atoms with van der Waals surface area (Å²) in [6, 6.07) is 2.83. The minimum atomic E-state index is -2.31. The number of aromatic nitrogens is 4. The first-order valence-electron chi connectivity index (χ1n) is 5.83. The molecule has 0 aliphatic rings. The topological polar surface area (TPSA) is 159 Å². The van der Waals surface area contributed by atoms with E-state index in [1.807, 2.05) is 0 Å². The molecule has 124 valence electrons. The molecule has 0 saturated carbocycles. The first kappa shape index (κ1) is 22.6. The third kappa shape index (κ3) is 6.52. The van der Waals surface area contributed by atoms with Gasteiger partial charge in [-0.3, -0.25) is 13.6 Å². The van der Waals surface area contributed by atoms with E-state index >= 15 is 0 Å². The van der Waals surface area contributed by atoms with Gasteiger partial charge in [0, 0.05) is 14.1 Å². The van der Waals surface area contributed by atoms with Crippen molar-refractivity contribution in [2.24, 2.45) is 19.2 Å². The van der Waals surface area contributed by atoms with Crippen molar-refractivity contribution in [1.82, 2.24) is 19.6 Å². The van der Waals surface area contributed by atoms with E-state index < -0.39 is 22.1 Å². The van der Waals surface area contributed by atoms with Gasteiger partial charge >= 0.3 is 29.6 Å². The number of aliphatic hydroxyl groups excluding tert-OH is 2. The Balaban J connectivity index is 0.000000403. The average molecular weight is 373 g/mol. The maximum Gasteiger partial charge on any atom is 1.00 e. The van der Waals surface area contributed by atoms with Crippen LogP contribution in [0.4, 0.5) is 0 Å². The van der Waals surface area contributed by atoms with Gasteiger partial charge in [-0.2, -0.15) is 10.2 Å². The van der Waals surface area contributed by atoms with Crippen molar-refractivity contribution in [1.29, 1.82) is 0 Å². The standard InChI is InChI=1S/C5H9N3O2S.C5H8N2O3S.Na/c1-8-4(3-9)2-5(7-8)11(6)10;1-7-4(3-8)2-5(6-7)11(9)10;/h2,9H,3,6H2,1H3;2,8H,3H2,1H3,(H,9,10);/q;;+1/p-1. The molecule has 0 radical (unpaired) electrons. The van der Waals surface area contributed by atoms with Crippen molar-refractivity contribution >= 4 is 22.1 Å². The fraction of sp³-hybridized carbons (Fsp3) is 0.400. The van der Waals surface area contributed by atoms with Crippen LogP contribution in [0.1, 0.15) is 11.4 Å². The summed E-state index contributed by atoms with van der Waals surface area (Å²) < 4.78 is 34.1. The molecule has 0 saturated heterocycles. The fourth-order valence-electron chi connectivity index (χ4n) is 1.43. The van der Waals surface area contributed by atoms with Crippen molar-refractivity contribution in [2.75, 3.05) is 0 Å². The molecule has 2 rings (SSSR count). The Bertz CT molecular complexity index is 631. The first-order valence-corrected chi connectivity index (χ1v) is 8.11. The Morgan fingerprint density at radius 1 is 1.09 bits per heavy atom. The molecular weight excluding hydrogens is 357 g/mol. The Morgan fingerprint density at radius 2 is 1.48 bits per heavy atom. The summed E-state index contributed by atoms with van der Waals surface area (Å²) in [5.74, 6) is 0. The van der Waals surface area contributed by atoms with Crippen molar-refractivity contribution in [3.63, 3.8) is 0 Å². The number of aryl methyl sites for hydroxylation is 2. The minimum absolute atomic E-state index is 0. The third-order valence-corrected chi connectivity index (χ3v) is 3.76. The van der Waals surface area contributed by atoms with Crippen molar-refractivity contribution in [2.45, 2.75) is 23.3 Å². The second-order valence-corrected chi connectivity index (χ2v) is 5.94. The molecule has 0 fully saturated rings. The van der Waals surface area contributed by atoms with E-state index in [4.69, 9.17) is 15.4 Å². The van der Waals surface area contributed by atoms with Gasteiger partial charge in [0.1, 0.15) is 16.0 Å². The van der Waals surface area contributed by atoms with Crippen LogP contribution in [0.15, 0.2) is 22.2 Å². The predicted octanol–water partition coefficient (Wildman–Crippen LogP) is -4.95. The summed E-state index contributed by atoms with van der Waals surface area (Å²) in [5, 5.41) is 30.1. The molecule has 2 heterocycles. The Morgan fingerprint density at radius 3 is 1.70 bits per heavy atom. The van der Waals surface area contributed by atoms with Crippen LogP contribution in [-0.2, 0) is 49.4 Å². The van der Waals surface area contributed by atoms with E-state index in [1.54, 1.807) is 14.1 Å².